The summed E-state index contributed by atoms with van der Waals surface area (Å²) in [6, 6.07) is 3.26. The first-order valence-corrected chi connectivity index (χ1v) is 4.79. The van der Waals surface area contributed by atoms with E-state index < -0.39 is 4.92 Å². The smallest absolute Gasteiger partial charge is 0.274 e. The lowest BCUT2D eigenvalue weighted by atomic mass is 9.84. The standard InChI is InChI=1S/C11H16N2O2/c1-7-9(13(14)15)6-5-8(10(7)12)11(2,3)4/h5-6H,12H2,1-4H3. The van der Waals surface area contributed by atoms with Gasteiger partial charge in [-0.25, -0.2) is 0 Å². The van der Waals surface area contributed by atoms with Gasteiger partial charge in [-0.3, -0.25) is 10.1 Å². The van der Waals surface area contributed by atoms with Crippen molar-refractivity contribution >= 4 is 11.4 Å². The number of nitro groups is 1. The second kappa shape index (κ2) is 3.53. The number of nitrogen functional groups attached to an aromatic ring is 1. The Balaban J connectivity index is 3.41. The van der Waals surface area contributed by atoms with Gasteiger partial charge < -0.3 is 5.73 Å². The van der Waals surface area contributed by atoms with E-state index in [0.717, 1.165) is 5.56 Å². The van der Waals surface area contributed by atoms with Gasteiger partial charge in [-0.15, -0.1) is 0 Å². The maximum atomic E-state index is 10.7. The predicted octanol–water partition coefficient (Wildman–Crippen LogP) is 2.78. The Morgan fingerprint density at radius 3 is 2.27 bits per heavy atom. The summed E-state index contributed by atoms with van der Waals surface area (Å²) >= 11 is 0. The molecule has 0 aliphatic rings. The molecule has 0 aliphatic heterocycles. The molecule has 1 rings (SSSR count). The molecular formula is C11H16N2O2. The van der Waals surface area contributed by atoms with E-state index in [4.69, 9.17) is 5.73 Å². The van der Waals surface area contributed by atoms with Gasteiger partial charge in [0, 0.05) is 17.3 Å². The second-order valence-corrected chi connectivity index (χ2v) is 4.68. The molecule has 0 radical (unpaired) electrons. The van der Waals surface area contributed by atoms with Crippen molar-refractivity contribution in [3.8, 4) is 0 Å². The van der Waals surface area contributed by atoms with Crippen molar-refractivity contribution in [2.24, 2.45) is 0 Å². The van der Waals surface area contributed by atoms with Gasteiger partial charge in [-0.05, 0) is 24.0 Å². The van der Waals surface area contributed by atoms with Crippen LogP contribution in [0, 0.1) is 17.0 Å². The fourth-order valence-corrected chi connectivity index (χ4v) is 1.57. The van der Waals surface area contributed by atoms with Crippen LogP contribution in [0.15, 0.2) is 12.1 Å². The number of rotatable bonds is 1. The highest BCUT2D eigenvalue weighted by Gasteiger charge is 2.22. The molecule has 0 amide bonds. The number of nitrogens with two attached hydrogens (primary N) is 1. The summed E-state index contributed by atoms with van der Waals surface area (Å²) in [5.41, 5.74) is 7.92. The zero-order valence-electron chi connectivity index (χ0n) is 9.50. The molecule has 4 nitrogen and oxygen atoms in total. The lowest BCUT2D eigenvalue weighted by molar-refractivity contribution is -0.385. The monoisotopic (exact) mass is 208 g/mol. The number of nitrogens with zero attached hydrogens (tertiary/aromatic N) is 1. The number of nitro benzene ring substituents is 1. The summed E-state index contributed by atoms with van der Waals surface area (Å²) < 4.78 is 0. The van der Waals surface area contributed by atoms with Crippen LogP contribution in [0.4, 0.5) is 11.4 Å². The first-order chi connectivity index (χ1) is 6.75. The molecule has 0 fully saturated rings. The third kappa shape index (κ3) is 2.09. The molecule has 0 unspecified atom stereocenters. The molecule has 0 aliphatic carbocycles. The van der Waals surface area contributed by atoms with Crippen molar-refractivity contribution in [3.63, 3.8) is 0 Å². The van der Waals surface area contributed by atoms with Crippen molar-refractivity contribution in [2.45, 2.75) is 33.1 Å². The van der Waals surface area contributed by atoms with Gasteiger partial charge in [0.1, 0.15) is 0 Å². The molecule has 1 aromatic carbocycles. The van der Waals surface area contributed by atoms with Gasteiger partial charge in [0.15, 0.2) is 0 Å². The summed E-state index contributed by atoms with van der Waals surface area (Å²) in [6.45, 7) is 7.78. The SMILES string of the molecule is Cc1c([N+](=O)[O-])ccc(C(C)(C)C)c1N. The van der Waals surface area contributed by atoms with Crippen molar-refractivity contribution in [3.05, 3.63) is 33.4 Å². The summed E-state index contributed by atoms with van der Waals surface area (Å²) in [5, 5.41) is 10.7. The van der Waals surface area contributed by atoms with Gasteiger partial charge >= 0.3 is 0 Å². The minimum atomic E-state index is -0.405. The lowest BCUT2D eigenvalue weighted by Gasteiger charge is -2.22. The fraction of sp³-hybridized carbons (Fsp3) is 0.455. The zero-order chi connectivity index (χ0) is 11.8. The van der Waals surface area contributed by atoms with Crippen LogP contribution in [0.1, 0.15) is 31.9 Å². The molecule has 0 heterocycles. The first-order valence-electron chi connectivity index (χ1n) is 4.79. The zero-order valence-corrected chi connectivity index (χ0v) is 9.50. The molecule has 4 heteroatoms. The van der Waals surface area contributed by atoms with Crippen LogP contribution in [-0.4, -0.2) is 4.92 Å². The second-order valence-electron chi connectivity index (χ2n) is 4.68. The molecule has 0 aromatic heterocycles. The summed E-state index contributed by atoms with van der Waals surface area (Å²) in [6.07, 6.45) is 0. The lowest BCUT2D eigenvalue weighted by Crippen LogP contribution is -2.15. The highest BCUT2D eigenvalue weighted by atomic mass is 16.6. The Kier molecular flexibility index (Phi) is 2.71. The highest BCUT2D eigenvalue weighted by Crippen LogP contribution is 2.33. The van der Waals surface area contributed by atoms with E-state index in [1.54, 1.807) is 13.0 Å². The van der Waals surface area contributed by atoms with Crippen LogP contribution >= 0.6 is 0 Å². The van der Waals surface area contributed by atoms with E-state index in [9.17, 15) is 10.1 Å². The van der Waals surface area contributed by atoms with Gasteiger partial charge in [0.25, 0.3) is 5.69 Å². The van der Waals surface area contributed by atoms with Gasteiger partial charge in [0.2, 0.25) is 0 Å². The van der Waals surface area contributed by atoms with Crippen LogP contribution in [0.2, 0.25) is 0 Å². The van der Waals surface area contributed by atoms with E-state index in [1.807, 2.05) is 20.8 Å². The maximum Gasteiger partial charge on any atom is 0.274 e. The van der Waals surface area contributed by atoms with Crippen molar-refractivity contribution in [2.75, 3.05) is 5.73 Å². The molecule has 82 valence electrons. The average Bonchev–Trinajstić information content (AvgIpc) is 2.06. The predicted molar refractivity (Wildman–Crippen MR) is 60.9 cm³/mol. The topological polar surface area (TPSA) is 69.2 Å². The van der Waals surface area contributed by atoms with Gasteiger partial charge in [-0.2, -0.15) is 0 Å². The summed E-state index contributed by atoms with van der Waals surface area (Å²) in [4.78, 5) is 10.3. The minimum Gasteiger partial charge on any atom is -0.398 e. The van der Waals surface area contributed by atoms with Crippen molar-refractivity contribution < 1.29 is 4.92 Å². The fourth-order valence-electron chi connectivity index (χ4n) is 1.57. The molecule has 0 bridgehead atoms. The Bertz CT molecular complexity index is 406. The molecule has 0 saturated carbocycles. The van der Waals surface area contributed by atoms with E-state index in [-0.39, 0.29) is 11.1 Å². The molecule has 0 atom stereocenters. The number of benzene rings is 1. The van der Waals surface area contributed by atoms with Gasteiger partial charge in [0.05, 0.1) is 4.92 Å². The largest absolute Gasteiger partial charge is 0.398 e. The van der Waals surface area contributed by atoms with Gasteiger partial charge in [-0.1, -0.05) is 20.8 Å². The summed E-state index contributed by atoms with van der Waals surface area (Å²) in [7, 11) is 0. The molecule has 1 aromatic rings. The third-order valence-electron chi connectivity index (χ3n) is 2.49. The Labute approximate surface area is 89.2 Å². The van der Waals surface area contributed by atoms with E-state index >= 15 is 0 Å². The molecule has 15 heavy (non-hydrogen) atoms. The molecular weight excluding hydrogens is 192 g/mol. The normalized spacial score (nSPS) is 11.5. The highest BCUT2D eigenvalue weighted by molar-refractivity contribution is 5.63. The minimum absolute atomic E-state index is 0.0838. The molecule has 2 N–H and O–H groups in total. The van der Waals surface area contributed by atoms with Crippen LogP contribution < -0.4 is 5.73 Å². The summed E-state index contributed by atoms with van der Waals surface area (Å²) in [5.74, 6) is 0. The van der Waals surface area contributed by atoms with Crippen LogP contribution in [-0.2, 0) is 5.41 Å². The Morgan fingerprint density at radius 1 is 1.33 bits per heavy atom. The first kappa shape index (κ1) is 11.5. The van der Waals surface area contributed by atoms with E-state index in [1.165, 1.54) is 6.07 Å². The van der Waals surface area contributed by atoms with Crippen LogP contribution in [0.25, 0.3) is 0 Å². The maximum absolute atomic E-state index is 10.7. The number of hydrogen-bond acceptors (Lipinski definition) is 3. The van der Waals surface area contributed by atoms with Crippen LogP contribution in [0.3, 0.4) is 0 Å². The quantitative estimate of drug-likeness (QED) is 0.438. The van der Waals surface area contributed by atoms with Crippen molar-refractivity contribution in [1.29, 1.82) is 0 Å². The number of hydrogen-bond donors (Lipinski definition) is 1. The molecule has 0 saturated heterocycles. The average molecular weight is 208 g/mol. The Hall–Kier alpha value is -1.58. The molecule has 0 spiro atoms. The van der Waals surface area contributed by atoms with E-state index in [2.05, 4.69) is 0 Å². The Morgan fingerprint density at radius 2 is 1.87 bits per heavy atom. The van der Waals surface area contributed by atoms with E-state index in [0.29, 0.717) is 11.3 Å². The third-order valence-corrected chi connectivity index (χ3v) is 2.49. The number of anilines is 1. The van der Waals surface area contributed by atoms with Crippen LogP contribution in [0.5, 0.6) is 0 Å². The van der Waals surface area contributed by atoms with Crippen molar-refractivity contribution in [1.82, 2.24) is 0 Å².